The molecule has 1 saturated heterocycles. The Bertz CT molecular complexity index is 661. The molecule has 0 spiro atoms. The predicted octanol–water partition coefficient (Wildman–Crippen LogP) is -0.558. The number of ether oxygens (including phenoxy) is 1. The van der Waals surface area contributed by atoms with Gasteiger partial charge in [-0.3, -0.25) is 4.57 Å². The fourth-order valence-corrected chi connectivity index (χ4v) is 2.21. The van der Waals surface area contributed by atoms with E-state index in [1.807, 2.05) is 0 Å². The molecule has 4 N–H and O–H groups in total. The van der Waals surface area contributed by atoms with Gasteiger partial charge >= 0.3 is 5.69 Å². The van der Waals surface area contributed by atoms with E-state index in [0.29, 0.717) is 0 Å². The summed E-state index contributed by atoms with van der Waals surface area (Å²) in [6.07, 6.45) is -2.32. The Morgan fingerprint density at radius 3 is 2.95 bits per heavy atom. The zero-order valence-electron chi connectivity index (χ0n) is 10.9. The Morgan fingerprint density at radius 1 is 1.76 bits per heavy atom. The number of aromatic nitrogens is 2. The van der Waals surface area contributed by atoms with Crippen molar-refractivity contribution in [1.29, 1.82) is 0 Å². The molecule has 11 heteroatoms. The highest BCUT2D eigenvalue weighted by Gasteiger charge is 2.63. The Hall–Kier alpha value is -2.20. The van der Waals surface area contributed by atoms with Gasteiger partial charge in [0.15, 0.2) is 6.23 Å². The average Bonchev–Trinajstić information content (AvgIpc) is 2.62. The fourth-order valence-electron chi connectivity index (χ4n) is 2.21. The van der Waals surface area contributed by atoms with E-state index in [-0.39, 0.29) is 5.82 Å². The molecule has 1 aromatic rings. The molecular formula is C10H13FN6O4. The van der Waals surface area contributed by atoms with E-state index in [4.69, 9.17) is 21.1 Å². The van der Waals surface area contributed by atoms with E-state index >= 15 is 0 Å². The second-order valence-corrected chi connectivity index (χ2v) is 4.77. The van der Waals surface area contributed by atoms with Gasteiger partial charge in [0.2, 0.25) is 0 Å². The molecule has 0 amide bonds. The number of nitrogens with two attached hydrogens (primary N) is 1. The van der Waals surface area contributed by atoms with E-state index in [1.165, 1.54) is 13.0 Å². The molecule has 1 aromatic heterocycles. The van der Waals surface area contributed by atoms with Crippen molar-refractivity contribution >= 4 is 5.82 Å². The summed E-state index contributed by atoms with van der Waals surface area (Å²) in [6.45, 7) is 0.0141. The van der Waals surface area contributed by atoms with E-state index in [0.717, 1.165) is 10.8 Å². The standard InChI is InChI=1S/C10H13FN6O4/c1-9(15-16-13)6(19)10(11,4-18)21-7(9)17-3-2-5(12)14-8(17)20/h2-3,6-7,18-19H,4H2,1H3,(H2,12,14,20)/t6-,7?,9+,10+/m0/s1. The second-order valence-electron chi connectivity index (χ2n) is 4.77. The molecule has 2 rings (SSSR count). The highest BCUT2D eigenvalue weighted by molar-refractivity contribution is 5.24. The SMILES string of the molecule is C[C@]1(N=[N+]=[N-])C(n2ccc(N)nc2=O)O[C@](F)(CO)[C@H]1O. The van der Waals surface area contributed by atoms with Gasteiger partial charge in [-0.15, -0.1) is 0 Å². The van der Waals surface area contributed by atoms with Gasteiger partial charge in [0.25, 0.3) is 5.85 Å². The van der Waals surface area contributed by atoms with Gasteiger partial charge in [-0.2, -0.15) is 4.98 Å². The lowest BCUT2D eigenvalue weighted by Gasteiger charge is -2.27. The number of aliphatic hydroxyl groups excluding tert-OH is 2. The van der Waals surface area contributed by atoms with Crippen molar-refractivity contribution < 1.29 is 19.3 Å². The molecule has 1 fully saturated rings. The topological polar surface area (TPSA) is 159 Å². The zero-order valence-corrected chi connectivity index (χ0v) is 10.9. The quantitative estimate of drug-likeness (QED) is 0.385. The minimum Gasteiger partial charge on any atom is -0.390 e. The number of azide groups is 1. The molecular weight excluding hydrogens is 287 g/mol. The Kier molecular flexibility index (Phi) is 3.59. The van der Waals surface area contributed by atoms with Crippen molar-refractivity contribution in [3.63, 3.8) is 0 Å². The van der Waals surface area contributed by atoms with Crippen LogP contribution in [0.3, 0.4) is 0 Å². The maximum absolute atomic E-state index is 14.3. The second kappa shape index (κ2) is 4.97. The number of aliphatic hydroxyl groups is 2. The van der Waals surface area contributed by atoms with Gasteiger partial charge in [0.1, 0.15) is 24.1 Å². The van der Waals surface area contributed by atoms with E-state index < -0.39 is 36.0 Å². The van der Waals surface area contributed by atoms with Gasteiger partial charge in [0.05, 0.1) is 0 Å². The minimum absolute atomic E-state index is 0.0612. The van der Waals surface area contributed by atoms with Crippen LogP contribution < -0.4 is 11.4 Å². The van der Waals surface area contributed by atoms with Crippen LogP contribution in [0.4, 0.5) is 10.2 Å². The van der Waals surface area contributed by atoms with E-state index in [1.54, 1.807) is 0 Å². The van der Waals surface area contributed by atoms with Gasteiger partial charge in [-0.1, -0.05) is 5.11 Å². The van der Waals surface area contributed by atoms with Crippen molar-refractivity contribution in [3.8, 4) is 0 Å². The molecule has 1 aliphatic rings. The van der Waals surface area contributed by atoms with Crippen molar-refractivity contribution in [2.45, 2.75) is 30.6 Å². The third-order valence-electron chi connectivity index (χ3n) is 3.35. The van der Waals surface area contributed by atoms with Crippen LogP contribution in [0.25, 0.3) is 10.4 Å². The summed E-state index contributed by atoms with van der Waals surface area (Å²) in [6, 6.07) is 1.25. The van der Waals surface area contributed by atoms with Crippen LogP contribution in [0.1, 0.15) is 13.2 Å². The summed E-state index contributed by atoms with van der Waals surface area (Å²) in [5, 5.41) is 22.4. The van der Waals surface area contributed by atoms with E-state index in [2.05, 4.69) is 15.0 Å². The molecule has 0 aliphatic carbocycles. The summed E-state index contributed by atoms with van der Waals surface area (Å²) in [5.74, 6) is -2.94. The zero-order chi connectivity index (χ0) is 15.8. The van der Waals surface area contributed by atoms with E-state index in [9.17, 15) is 14.3 Å². The summed E-state index contributed by atoms with van der Waals surface area (Å²) in [7, 11) is 0. The third-order valence-corrected chi connectivity index (χ3v) is 3.35. The van der Waals surface area contributed by atoms with Gasteiger partial charge in [-0.05, 0) is 18.5 Å². The summed E-state index contributed by atoms with van der Waals surface area (Å²) >= 11 is 0. The molecule has 1 aliphatic heterocycles. The molecule has 4 atom stereocenters. The Morgan fingerprint density at radius 2 is 2.43 bits per heavy atom. The third kappa shape index (κ3) is 2.21. The maximum atomic E-state index is 14.3. The number of hydrogen-bond donors (Lipinski definition) is 3. The molecule has 21 heavy (non-hydrogen) atoms. The molecule has 10 nitrogen and oxygen atoms in total. The molecule has 0 aromatic carbocycles. The predicted molar refractivity (Wildman–Crippen MR) is 67.5 cm³/mol. The summed E-state index contributed by atoms with van der Waals surface area (Å²) in [4.78, 5) is 17.8. The summed E-state index contributed by atoms with van der Waals surface area (Å²) in [5.41, 5.74) is 11.2. The highest BCUT2D eigenvalue weighted by atomic mass is 19.2. The number of rotatable bonds is 3. The van der Waals surface area contributed by atoms with Crippen LogP contribution in [0.15, 0.2) is 22.2 Å². The van der Waals surface area contributed by atoms with Crippen LogP contribution in [0.2, 0.25) is 0 Å². The first-order chi connectivity index (χ1) is 9.78. The number of alkyl halides is 1. The lowest BCUT2D eigenvalue weighted by atomic mass is 9.92. The van der Waals surface area contributed by atoms with Gasteiger partial charge in [-0.25, -0.2) is 9.18 Å². The summed E-state index contributed by atoms with van der Waals surface area (Å²) < 4.78 is 20.1. The van der Waals surface area contributed by atoms with Crippen LogP contribution in [-0.4, -0.2) is 43.9 Å². The normalized spacial score (nSPS) is 35.4. The molecule has 0 saturated carbocycles. The first-order valence-electron chi connectivity index (χ1n) is 5.85. The molecule has 2 heterocycles. The average molecular weight is 300 g/mol. The van der Waals surface area contributed by atoms with Crippen LogP contribution in [0, 0.1) is 0 Å². The molecule has 1 unspecified atom stereocenters. The van der Waals surface area contributed by atoms with Crippen LogP contribution in [0.5, 0.6) is 0 Å². The first kappa shape index (κ1) is 15.2. The largest absolute Gasteiger partial charge is 0.390 e. The lowest BCUT2D eigenvalue weighted by molar-refractivity contribution is -0.207. The molecule has 0 bridgehead atoms. The fraction of sp³-hybridized carbons (Fsp3) is 0.600. The minimum atomic E-state index is -2.88. The highest BCUT2D eigenvalue weighted by Crippen LogP contribution is 2.46. The monoisotopic (exact) mass is 300 g/mol. The van der Waals surface area contributed by atoms with Gasteiger partial charge in [0, 0.05) is 11.1 Å². The molecule has 114 valence electrons. The van der Waals surface area contributed by atoms with Crippen molar-refractivity contribution in [3.05, 3.63) is 33.2 Å². The number of anilines is 1. The maximum Gasteiger partial charge on any atom is 0.351 e. The van der Waals surface area contributed by atoms with Crippen LogP contribution >= 0.6 is 0 Å². The van der Waals surface area contributed by atoms with Crippen molar-refractivity contribution in [1.82, 2.24) is 9.55 Å². The smallest absolute Gasteiger partial charge is 0.351 e. The van der Waals surface area contributed by atoms with Gasteiger partial charge < -0.3 is 20.7 Å². The molecule has 0 radical (unpaired) electrons. The Labute approximate surface area is 117 Å². The number of halogens is 1. The first-order valence-corrected chi connectivity index (χ1v) is 5.85. The Balaban J connectivity index is 2.60. The van der Waals surface area contributed by atoms with Crippen molar-refractivity contribution in [2.75, 3.05) is 12.3 Å². The number of hydrogen-bond acceptors (Lipinski definition) is 7. The van der Waals surface area contributed by atoms with Crippen LogP contribution in [-0.2, 0) is 4.74 Å². The number of nitrogens with zero attached hydrogens (tertiary/aromatic N) is 5. The van der Waals surface area contributed by atoms with Crippen molar-refractivity contribution in [2.24, 2.45) is 5.11 Å². The lowest BCUT2D eigenvalue weighted by Crippen LogP contribution is -2.48. The number of nitrogen functional groups attached to an aromatic ring is 1.